The predicted molar refractivity (Wildman–Crippen MR) is 102 cm³/mol. The van der Waals surface area contributed by atoms with Gasteiger partial charge in [0.1, 0.15) is 5.75 Å². The Labute approximate surface area is 160 Å². The monoisotopic (exact) mass is 394 g/mol. The lowest BCUT2D eigenvalue weighted by Crippen LogP contribution is -2.45. The fourth-order valence-corrected chi connectivity index (χ4v) is 3.14. The Morgan fingerprint density at radius 1 is 1.33 bits per heavy atom. The zero-order valence-corrected chi connectivity index (χ0v) is 16.4. The van der Waals surface area contributed by atoms with Crippen LogP contribution in [0.15, 0.2) is 18.2 Å². The van der Waals surface area contributed by atoms with E-state index in [0.717, 1.165) is 32.5 Å². The van der Waals surface area contributed by atoms with E-state index in [-0.39, 0.29) is 18.3 Å². The second-order valence-corrected chi connectivity index (χ2v) is 6.81. The standard InChI is InChI=1S/C17H24Cl2N2O2.ClH/c1-12(23-14-3-4-15(18)16(19)11-14)17(22)21-9-6-13(7-10-21)5-8-20-2;/h3-4,11-13,20H,5-10H2,1-2H3;1H. The van der Waals surface area contributed by atoms with E-state index in [2.05, 4.69) is 5.32 Å². The lowest BCUT2D eigenvalue weighted by atomic mass is 9.93. The summed E-state index contributed by atoms with van der Waals surface area (Å²) in [6, 6.07) is 5.03. The molecule has 1 saturated heterocycles. The molecular formula is C17H25Cl3N2O2. The van der Waals surface area contributed by atoms with Crippen LogP contribution in [0.1, 0.15) is 26.2 Å². The van der Waals surface area contributed by atoms with Crippen molar-refractivity contribution in [2.75, 3.05) is 26.7 Å². The summed E-state index contributed by atoms with van der Waals surface area (Å²) in [5.74, 6) is 1.30. The van der Waals surface area contributed by atoms with Crippen LogP contribution in [0.3, 0.4) is 0 Å². The van der Waals surface area contributed by atoms with Crippen molar-refractivity contribution < 1.29 is 9.53 Å². The van der Waals surface area contributed by atoms with Crippen LogP contribution >= 0.6 is 35.6 Å². The molecule has 1 heterocycles. The van der Waals surface area contributed by atoms with E-state index >= 15 is 0 Å². The summed E-state index contributed by atoms with van der Waals surface area (Å²) in [4.78, 5) is 14.4. The molecule has 0 bridgehead atoms. The lowest BCUT2D eigenvalue weighted by molar-refractivity contribution is -0.139. The van der Waals surface area contributed by atoms with Crippen LogP contribution in [0.25, 0.3) is 0 Å². The molecule has 1 unspecified atom stereocenters. The molecule has 24 heavy (non-hydrogen) atoms. The van der Waals surface area contributed by atoms with Crippen LogP contribution in [0.5, 0.6) is 5.75 Å². The fraction of sp³-hybridized carbons (Fsp3) is 0.588. The molecule has 0 spiro atoms. The number of ether oxygens (including phenoxy) is 1. The molecule has 1 aliphatic rings. The highest BCUT2D eigenvalue weighted by Gasteiger charge is 2.26. The number of rotatable bonds is 6. The van der Waals surface area contributed by atoms with Gasteiger partial charge in [0.05, 0.1) is 10.0 Å². The highest BCUT2D eigenvalue weighted by molar-refractivity contribution is 6.42. The van der Waals surface area contributed by atoms with E-state index in [1.807, 2.05) is 11.9 Å². The number of hydrogen-bond donors (Lipinski definition) is 1. The van der Waals surface area contributed by atoms with Crippen molar-refractivity contribution in [3.63, 3.8) is 0 Å². The Bertz CT molecular complexity index is 535. The summed E-state index contributed by atoms with van der Waals surface area (Å²) in [6.07, 6.45) is 2.77. The van der Waals surface area contributed by atoms with Crippen LogP contribution in [-0.2, 0) is 4.79 Å². The molecule has 2 rings (SSSR count). The van der Waals surface area contributed by atoms with Crippen LogP contribution in [0, 0.1) is 5.92 Å². The summed E-state index contributed by atoms with van der Waals surface area (Å²) >= 11 is 11.9. The minimum absolute atomic E-state index is 0. The molecule has 136 valence electrons. The van der Waals surface area contributed by atoms with Gasteiger partial charge in [-0.15, -0.1) is 12.4 Å². The first-order valence-corrected chi connectivity index (χ1v) is 8.82. The van der Waals surface area contributed by atoms with E-state index in [0.29, 0.717) is 21.7 Å². The summed E-state index contributed by atoms with van der Waals surface area (Å²) in [6.45, 7) is 4.43. The highest BCUT2D eigenvalue weighted by Crippen LogP contribution is 2.27. The number of carbonyl (C=O) groups excluding carboxylic acids is 1. The van der Waals surface area contributed by atoms with Crippen molar-refractivity contribution in [2.45, 2.75) is 32.3 Å². The zero-order valence-electron chi connectivity index (χ0n) is 14.1. The summed E-state index contributed by atoms with van der Waals surface area (Å²) < 4.78 is 5.71. The Morgan fingerprint density at radius 2 is 2.00 bits per heavy atom. The van der Waals surface area contributed by atoms with Crippen molar-refractivity contribution in [3.05, 3.63) is 28.2 Å². The molecule has 1 atom stereocenters. The van der Waals surface area contributed by atoms with E-state index in [4.69, 9.17) is 27.9 Å². The smallest absolute Gasteiger partial charge is 0.263 e. The Balaban J connectivity index is 0.00000288. The SMILES string of the molecule is CNCCC1CCN(C(=O)C(C)Oc2ccc(Cl)c(Cl)c2)CC1.Cl. The number of nitrogens with zero attached hydrogens (tertiary/aromatic N) is 1. The summed E-state index contributed by atoms with van der Waals surface area (Å²) in [5.41, 5.74) is 0. The number of piperidine rings is 1. The maximum absolute atomic E-state index is 12.5. The second-order valence-electron chi connectivity index (χ2n) is 6.00. The molecule has 7 heteroatoms. The minimum atomic E-state index is -0.527. The topological polar surface area (TPSA) is 41.6 Å². The summed E-state index contributed by atoms with van der Waals surface area (Å²) in [5, 5.41) is 4.08. The largest absolute Gasteiger partial charge is 0.481 e. The van der Waals surface area contributed by atoms with Crippen LogP contribution in [0.4, 0.5) is 0 Å². The highest BCUT2D eigenvalue weighted by atomic mass is 35.5. The van der Waals surface area contributed by atoms with E-state index in [1.54, 1.807) is 25.1 Å². The van der Waals surface area contributed by atoms with Gasteiger partial charge in [0.15, 0.2) is 6.10 Å². The van der Waals surface area contributed by atoms with Crippen LogP contribution in [0.2, 0.25) is 10.0 Å². The van der Waals surface area contributed by atoms with Gasteiger partial charge in [0.25, 0.3) is 5.91 Å². The van der Waals surface area contributed by atoms with Gasteiger partial charge in [-0.1, -0.05) is 23.2 Å². The first kappa shape index (κ1) is 21.4. The number of likely N-dealkylation sites (tertiary alicyclic amines) is 1. The number of benzene rings is 1. The van der Waals surface area contributed by atoms with Crippen molar-refractivity contribution >= 4 is 41.5 Å². The van der Waals surface area contributed by atoms with E-state index in [1.165, 1.54) is 6.42 Å². The minimum Gasteiger partial charge on any atom is -0.481 e. The lowest BCUT2D eigenvalue weighted by Gasteiger charge is -2.33. The molecule has 4 nitrogen and oxygen atoms in total. The van der Waals surface area contributed by atoms with Gasteiger partial charge in [-0.2, -0.15) is 0 Å². The average molecular weight is 396 g/mol. The Morgan fingerprint density at radius 3 is 2.58 bits per heavy atom. The quantitative estimate of drug-likeness (QED) is 0.790. The van der Waals surface area contributed by atoms with Gasteiger partial charge in [-0.3, -0.25) is 4.79 Å². The number of carbonyl (C=O) groups is 1. The van der Waals surface area contributed by atoms with Gasteiger partial charge < -0.3 is 15.0 Å². The van der Waals surface area contributed by atoms with Crippen LogP contribution < -0.4 is 10.1 Å². The first-order valence-electron chi connectivity index (χ1n) is 8.06. The third-order valence-electron chi connectivity index (χ3n) is 4.28. The first-order chi connectivity index (χ1) is 11.0. The molecular weight excluding hydrogens is 371 g/mol. The molecule has 1 aromatic carbocycles. The molecule has 0 aromatic heterocycles. The van der Waals surface area contributed by atoms with Crippen LogP contribution in [-0.4, -0.2) is 43.6 Å². The molecule has 0 radical (unpaired) electrons. The number of nitrogens with one attached hydrogen (secondary N) is 1. The molecule has 1 N–H and O–H groups in total. The molecule has 0 saturated carbocycles. The fourth-order valence-electron chi connectivity index (χ4n) is 2.85. The third-order valence-corrected chi connectivity index (χ3v) is 5.02. The Kier molecular flexibility index (Phi) is 9.21. The molecule has 1 aromatic rings. The van der Waals surface area contributed by atoms with Crippen molar-refractivity contribution in [3.8, 4) is 5.75 Å². The van der Waals surface area contributed by atoms with E-state index in [9.17, 15) is 4.79 Å². The second kappa shape index (κ2) is 10.3. The van der Waals surface area contributed by atoms with Gasteiger partial charge in [-0.05, 0) is 57.8 Å². The normalized spacial score (nSPS) is 16.4. The van der Waals surface area contributed by atoms with Crippen molar-refractivity contribution in [2.24, 2.45) is 5.92 Å². The predicted octanol–water partition coefficient (Wildman–Crippen LogP) is 4.03. The number of amides is 1. The van der Waals surface area contributed by atoms with Gasteiger partial charge >= 0.3 is 0 Å². The third kappa shape index (κ3) is 5.99. The Hall–Kier alpha value is -0.680. The molecule has 1 aliphatic heterocycles. The van der Waals surface area contributed by atoms with Gasteiger partial charge in [0.2, 0.25) is 0 Å². The van der Waals surface area contributed by atoms with Gasteiger partial charge in [0, 0.05) is 19.2 Å². The molecule has 0 aliphatic carbocycles. The number of halogens is 3. The molecule has 1 amide bonds. The van der Waals surface area contributed by atoms with Crippen molar-refractivity contribution in [1.82, 2.24) is 10.2 Å². The molecule has 1 fully saturated rings. The average Bonchev–Trinajstić information content (AvgIpc) is 2.56. The maximum atomic E-state index is 12.5. The van der Waals surface area contributed by atoms with E-state index < -0.39 is 6.10 Å². The maximum Gasteiger partial charge on any atom is 0.263 e. The van der Waals surface area contributed by atoms with Crippen molar-refractivity contribution in [1.29, 1.82) is 0 Å². The van der Waals surface area contributed by atoms with Gasteiger partial charge in [-0.25, -0.2) is 0 Å². The number of hydrogen-bond acceptors (Lipinski definition) is 3. The zero-order chi connectivity index (χ0) is 16.8. The summed E-state index contributed by atoms with van der Waals surface area (Å²) in [7, 11) is 1.97.